The molecule has 4 aromatic heterocycles. The highest BCUT2D eigenvalue weighted by atomic mass is 32.1. The molecule has 0 spiro atoms. The molecule has 0 saturated carbocycles. The van der Waals surface area contributed by atoms with Crippen molar-refractivity contribution < 1.29 is 0 Å². The molecule has 0 aliphatic rings. The zero-order valence-electron chi connectivity index (χ0n) is 30.8. The van der Waals surface area contributed by atoms with E-state index in [4.69, 9.17) is 15.0 Å². The van der Waals surface area contributed by atoms with Crippen LogP contribution < -0.4 is 4.90 Å². The van der Waals surface area contributed by atoms with Gasteiger partial charge in [-0.25, -0.2) is 4.98 Å². The highest BCUT2D eigenvalue weighted by molar-refractivity contribution is 7.26. The van der Waals surface area contributed by atoms with E-state index in [0.717, 1.165) is 28.1 Å². The average Bonchev–Trinajstić information content (AvgIpc) is 3.98. The van der Waals surface area contributed by atoms with Crippen LogP contribution in [-0.2, 0) is 0 Å². The topological polar surface area (TPSA) is 41.9 Å². The summed E-state index contributed by atoms with van der Waals surface area (Å²) in [5.74, 6) is 1.80. The Balaban J connectivity index is 1.13. The third-order valence-electron chi connectivity index (χ3n) is 10.9. The number of thiophene rings is 3. The van der Waals surface area contributed by atoms with Gasteiger partial charge in [0.2, 0.25) is 5.95 Å². The van der Waals surface area contributed by atoms with Crippen LogP contribution >= 0.6 is 34.0 Å². The van der Waals surface area contributed by atoms with E-state index in [-0.39, 0.29) is 0 Å². The van der Waals surface area contributed by atoms with Gasteiger partial charge in [-0.3, -0.25) is 4.90 Å². The quantitative estimate of drug-likeness (QED) is 0.168. The summed E-state index contributed by atoms with van der Waals surface area (Å²) >= 11 is 5.45. The average molecular weight is 795 g/mol. The Morgan fingerprint density at radius 2 is 0.828 bits per heavy atom. The molecule has 4 nitrogen and oxygen atoms in total. The van der Waals surface area contributed by atoms with Gasteiger partial charge in [-0.1, -0.05) is 115 Å². The molecule has 0 atom stereocenters. The van der Waals surface area contributed by atoms with Gasteiger partial charge >= 0.3 is 0 Å². The summed E-state index contributed by atoms with van der Waals surface area (Å²) in [5.41, 5.74) is 6.19. The third-order valence-corrected chi connectivity index (χ3v) is 14.4. The van der Waals surface area contributed by atoms with Gasteiger partial charge < -0.3 is 0 Å². The second-order valence-corrected chi connectivity index (χ2v) is 17.6. The summed E-state index contributed by atoms with van der Waals surface area (Å²) in [6.07, 6.45) is 0. The second kappa shape index (κ2) is 13.4. The Bertz CT molecular complexity index is 3530. The lowest BCUT2D eigenvalue weighted by molar-refractivity contribution is 1.03. The first-order valence-corrected chi connectivity index (χ1v) is 21.6. The van der Waals surface area contributed by atoms with Crippen molar-refractivity contribution in [3.8, 4) is 33.9 Å². The molecule has 0 radical (unpaired) electrons. The van der Waals surface area contributed by atoms with E-state index in [0.29, 0.717) is 17.6 Å². The molecule has 0 N–H and O–H groups in total. The van der Waals surface area contributed by atoms with Crippen LogP contribution in [0.4, 0.5) is 17.3 Å². The molecule has 12 aromatic rings. The Kier molecular flexibility index (Phi) is 7.72. The van der Waals surface area contributed by atoms with Gasteiger partial charge in [0.05, 0.1) is 5.69 Å². The Labute approximate surface area is 345 Å². The van der Waals surface area contributed by atoms with Gasteiger partial charge in [-0.05, 0) is 77.9 Å². The van der Waals surface area contributed by atoms with Crippen molar-refractivity contribution >= 4 is 112 Å². The minimum absolute atomic E-state index is 0.559. The van der Waals surface area contributed by atoms with E-state index >= 15 is 0 Å². The molecule has 0 bridgehead atoms. The number of hydrogen-bond acceptors (Lipinski definition) is 7. The maximum atomic E-state index is 5.43. The molecule has 0 fully saturated rings. The first kappa shape index (κ1) is 33.4. The smallest absolute Gasteiger partial charge is 0.238 e. The van der Waals surface area contributed by atoms with Crippen molar-refractivity contribution in [1.29, 1.82) is 0 Å². The van der Waals surface area contributed by atoms with Gasteiger partial charge in [0.25, 0.3) is 0 Å². The zero-order valence-corrected chi connectivity index (χ0v) is 33.3. The number of nitrogens with zero attached hydrogens (tertiary/aromatic N) is 4. The molecule has 12 rings (SSSR count). The van der Waals surface area contributed by atoms with Crippen LogP contribution in [0.15, 0.2) is 182 Å². The van der Waals surface area contributed by atoms with E-state index in [9.17, 15) is 0 Å². The Morgan fingerprint density at radius 3 is 1.55 bits per heavy atom. The molecule has 0 unspecified atom stereocenters. The van der Waals surface area contributed by atoms with E-state index in [1.165, 1.54) is 66.1 Å². The van der Waals surface area contributed by atoms with Crippen LogP contribution in [0.3, 0.4) is 0 Å². The predicted molar refractivity (Wildman–Crippen MR) is 249 cm³/mol. The summed E-state index contributed by atoms with van der Waals surface area (Å²) < 4.78 is 7.49. The molecule has 0 aliphatic carbocycles. The summed E-state index contributed by atoms with van der Waals surface area (Å²) in [6.45, 7) is 0. The number of hydrogen-bond donors (Lipinski definition) is 0. The van der Waals surface area contributed by atoms with Crippen LogP contribution in [0.5, 0.6) is 0 Å². The van der Waals surface area contributed by atoms with Gasteiger partial charge in [0.1, 0.15) is 0 Å². The van der Waals surface area contributed by atoms with E-state index < -0.39 is 0 Å². The molecule has 272 valence electrons. The number of benzene rings is 8. The molecule has 8 aromatic carbocycles. The van der Waals surface area contributed by atoms with Crippen molar-refractivity contribution in [2.45, 2.75) is 0 Å². The van der Waals surface area contributed by atoms with Crippen molar-refractivity contribution in [3.05, 3.63) is 182 Å². The van der Waals surface area contributed by atoms with Crippen molar-refractivity contribution in [1.82, 2.24) is 15.0 Å². The van der Waals surface area contributed by atoms with Gasteiger partial charge in [0.15, 0.2) is 11.6 Å². The monoisotopic (exact) mass is 794 g/mol. The fraction of sp³-hybridized carbons (Fsp3) is 0. The second-order valence-electron chi connectivity index (χ2n) is 14.4. The molecule has 0 amide bonds. The lowest BCUT2D eigenvalue weighted by Gasteiger charge is -2.25. The maximum absolute atomic E-state index is 5.43. The van der Waals surface area contributed by atoms with Crippen LogP contribution in [-0.4, -0.2) is 15.0 Å². The molecule has 58 heavy (non-hydrogen) atoms. The fourth-order valence-electron chi connectivity index (χ4n) is 8.19. The molecular formula is C51H30N4S3. The third kappa shape index (κ3) is 5.50. The van der Waals surface area contributed by atoms with Gasteiger partial charge in [0, 0.05) is 77.3 Å². The van der Waals surface area contributed by atoms with Crippen LogP contribution in [0.25, 0.3) is 94.4 Å². The first-order valence-electron chi connectivity index (χ1n) is 19.2. The first-order chi connectivity index (χ1) is 28.7. The van der Waals surface area contributed by atoms with E-state index in [2.05, 4.69) is 181 Å². The van der Waals surface area contributed by atoms with Crippen LogP contribution in [0.1, 0.15) is 0 Å². The van der Waals surface area contributed by atoms with Crippen LogP contribution in [0, 0.1) is 0 Å². The van der Waals surface area contributed by atoms with Crippen molar-refractivity contribution in [2.24, 2.45) is 0 Å². The molecule has 0 saturated heterocycles. The molecular weight excluding hydrogens is 765 g/mol. The molecule has 4 heterocycles. The predicted octanol–water partition coefficient (Wildman–Crippen LogP) is 15.4. The number of anilines is 3. The standard InChI is InChI=1S/C51H30N4S3/c1-2-11-31(12-3-1)32-21-23-33(24-22-32)49-52-50(34-25-27-45-39(29-34)36-13-4-7-17-42(36)56-45)54-51(53-49)55(35-26-28-46-40(30-35)37-14-5-8-18-43(37)57-46)41-16-10-20-47-48(41)38-15-6-9-19-44(38)58-47/h1-30H. The Hall–Kier alpha value is -6.77. The molecule has 7 heteroatoms. The zero-order chi connectivity index (χ0) is 38.2. The lowest BCUT2D eigenvalue weighted by Crippen LogP contribution is -2.15. The minimum Gasteiger partial charge on any atom is -0.278 e. The lowest BCUT2D eigenvalue weighted by atomic mass is 10.0. The highest BCUT2D eigenvalue weighted by Gasteiger charge is 2.24. The fourth-order valence-corrected chi connectivity index (χ4v) is 11.5. The van der Waals surface area contributed by atoms with Gasteiger partial charge in [-0.2, -0.15) is 9.97 Å². The van der Waals surface area contributed by atoms with Crippen LogP contribution in [0.2, 0.25) is 0 Å². The minimum atomic E-state index is 0.559. The normalized spacial score (nSPS) is 11.8. The SMILES string of the molecule is c1ccc(-c2ccc(-c3nc(-c4ccc5sc6ccccc6c5c4)nc(N(c4ccc5sc6ccccc6c5c4)c4cccc5sc6ccccc6c45)n3)cc2)cc1. The summed E-state index contributed by atoms with van der Waals surface area (Å²) in [6, 6.07) is 64.9. The number of rotatable bonds is 6. The Morgan fingerprint density at radius 1 is 0.328 bits per heavy atom. The maximum Gasteiger partial charge on any atom is 0.238 e. The summed E-state index contributed by atoms with van der Waals surface area (Å²) in [4.78, 5) is 18.3. The number of fused-ring (bicyclic) bond motifs is 9. The molecule has 0 aliphatic heterocycles. The van der Waals surface area contributed by atoms with Gasteiger partial charge in [-0.15, -0.1) is 34.0 Å². The van der Waals surface area contributed by atoms with E-state index in [1.54, 1.807) is 0 Å². The largest absolute Gasteiger partial charge is 0.278 e. The van der Waals surface area contributed by atoms with E-state index in [1.807, 2.05) is 40.1 Å². The highest BCUT2D eigenvalue weighted by Crippen LogP contribution is 2.46. The summed E-state index contributed by atoms with van der Waals surface area (Å²) in [7, 11) is 0. The van der Waals surface area contributed by atoms with Crippen molar-refractivity contribution in [2.75, 3.05) is 4.90 Å². The number of aromatic nitrogens is 3. The van der Waals surface area contributed by atoms with Crippen molar-refractivity contribution in [3.63, 3.8) is 0 Å². The summed E-state index contributed by atoms with van der Waals surface area (Å²) in [5, 5.41) is 7.30.